The Kier molecular flexibility index (Phi) is 6.31. The number of aromatic nitrogens is 3. The molecule has 1 aliphatic rings. The lowest BCUT2D eigenvalue weighted by Gasteiger charge is -2.20. The van der Waals surface area contributed by atoms with Gasteiger partial charge in [-0.2, -0.15) is 26.7 Å². The van der Waals surface area contributed by atoms with E-state index in [1.165, 1.54) is 12.8 Å². The summed E-state index contributed by atoms with van der Waals surface area (Å²) in [4.78, 5) is 12.7. The van der Waals surface area contributed by atoms with Crippen LogP contribution in [0.3, 0.4) is 0 Å². The average molecular weight is 312 g/mol. The molecule has 1 heterocycles. The van der Waals surface area contributed by atoms with Gasteiger partial charge in [0.2, 0.25) is 11.9 Å². The van der Waals surface area contributed by atoms with E-state index < -0.39 is 0 Å². The predicted octanol–water partition coefficient (Wildman–Crippen LogP) is 2.03. The normalized spacial score (nSPS) is 21.3. The lowest BCUT2D eigenvalue weighted by Crippen LogP contribution is -2.28. The van der Waals surface area contributed by atoms with Crippen molar-refractivity contribution in [2.24, 2.45) is 5.84 Å². The predicted molar refractivity (Wildman–Crippen MR) is 86.6 cm³/mol. The minimum Gasteiger partial charge on any atom is -0.463 e. The first kappa shape index (κ1) is 16.1. The van der Waals surface area contributed by atoms with Gasteiger partial charge in [-0.25, -0.2) is 5.84 Å². The maximum absolute atomic E-state index is 5.47. The molecule has 0 saturated heterocycles. The Labute approximate surface area is 129 Å². The van der Waals surface area contributed by atoms with Gasteiger partial charge < -0.3 is 10.1 Å². The maximum atomic E-state index is 5.47. The summed E-state index contributed by atoms with van der Waals surface area (Å²) >= 11 is 1.99. The third-order valence-corrected chi connectivity index (χ3v) is 4.65. The fourth-order valence-electron chi connectivity index (χ4n) is 2.41. The number of ether oxygens (including phenoxy) is 1. The van der Waals surface area contributed by atoms with Crippen LogP contribution in [0.4, 0.5) is 11.9 Å². The van der Waals surface area contributed by atoms with E-state index in [2.05, 4.69) is 32.6 Å². The molecule has 2 unspecified atom stereocenters. The van der Waals surface area contributed by atoms with Crippen LogP contribution in [-0.4, -0.2) is 38.6 Å². The average Bonchev–Trinajstić information content (AvgIpc) is 2.92. The van der Waals surface area contributed by atoms with Gasteiger partial charge in [0.15, 0.2) is 0 Å². The lowest BCUT2D eigenvalue weighted by molar-refractivity contribution is 0.292. The molecule has 7 nitrogen and oxygen atoms in total. The van der Waals surface area contributed by atoms with Crippen molar-refractivity contribution in [1.82, 2.24) is 15.0 Å². The van der Waals surface area contributed by atoms with Crippen LogP contribution in [0, 0.1) is 0 Å². The van der Waals surface area contributed by atoms with Gasteiger partial charge >= 0.3 is 6.01 Å². The minimum atomic E-state index is 0.306. The number of nitrogens with zero attached hydrogens (tertiary/aromatic N) is 3. The van der Waals surface area contributed by atoms with Crippen LogP contribution < -0.4 is 21.3 Å². The summed E-state index contributed by atoms with van der Waals surface area (Å²) in [5.74, 6) is 7.38. The van der Waals surface area contributed by atoms with Gasteiger partial charge in [0.25, 0.3) is 0 Å². The Morgan fingerprint density at radius 1 is 1.24 bits per heavy atom. The van der Waals surface area contributed by atoms with Gasteiger partial charge in [0, 0.05) is 11.3 Å². The number of hydrogen-bond acceptors (Lipinski definition) is 8. The molecule has 2 rings (SSSR count). The molecular weight excluding hydrogens is 288 g/mol. The van der Waals surface area contributed by atoms with Crippen molar-refractivity contribution in [2.45, 2.75) is 50.8 Å². The van der Waals surface area contributed by atoms with Gasteiger partial charge in [-0.15, -0.1) is 0 Å². The molecule has 0 aliphatic heterocycles. The molecule has 0 aromatic carbocycles. The number of thioether (sulfide) groups is 1. The lowest BCUT2D eigenvalue weighted by atomic mass is 10.2. The number of nitrogens with one attached hydrogen (secondary N) is 2. The van der Waals surface area contributed by atoms with Gasteiger partial charge in [-0.1, -0.05) is 20.3 Å². The number of hydrogen-bond donors (Lipinski definition) is 3. The third kappa shape index (κ3) is 4.60. The van der Waals surface area contributed by atoms with Crippen LogP contribution in [0.15, 0.2) is 0 Å². The second-order valence-electron chi connectivity index (χ2n) is 4.93. The molecule has 8 heteroatoms. The molecule has 1 aromatic rings. The fraction of sp³-hybridized carbons (Fsp3) is 0.769. The summed E-state index contributed by atoms with van der Waals surface area (Å²) in [5.41, 5.74) is 2.46. The van der Waals surface area contributed by atoms with Gasteiger partial charge in [-0.05, 0) is 25.0 Å². The summed E-state index contributed by atoms with van der Waals surface area (Å²) in [6.07, 6.45) is 4.52. The number of nitrogens with two attached hydrogens (primary N) is 1. The van der Waals surface area contributed by atoms with Crippen LogP contribution in [-0.2, 0) is 0 Å². The van der Waals surface area contributed by atoms with E-state index in [-0.39, 0.29) is 0 Å². The van der Waals surface area contributed by atoms with E-state index >= 15 is 0 Å². The molecule has 1 aromatic heterocycles. The highest BCUT2D eigenvalue weighted by Crippen LogP contribution is 2.31. The number of rotatable bonds is 8. The molecule has 4 N–H and O–H groups in total. The first-order valence-corrected chi connectivity index (χ1v) is 8.55. The summed E-state index contributed by atoms with van der Waals surface area (Å²) in [5, 5.41) is 4.02. The molecule has 0 spiro atoms. The Hall–Kier alpha value is -1.28. The highest BCUT2D eigenvalue weighted by atomic mass is 32.2. The van der Waals surface area contributed by atoms with Crippen LogP contribution in [0.1, 0.15) is 39.5 Å². The molecule has 2 atom stereocenters. The Morgan fingerprint density at radius 2 is 2.05 bits per heavy atom. The summed E-state index contributed by atoms with van der Waals surface area (Å²) in [6.45, 7) is 4.80. The standard InChI is InChI=1S/C13H24N6OS/c1-3-8-20-13-17-11(16-12(18-13)19-14)15-9-6-5-7-10(9)21-4-2/h9-10H,3-8,14H2,1-2H3,(H2,15,16,17,18,19). The van der Waals surface area contributed by atoms with Crippen LogP contribution in [0.2, 0.25) is 0 Å². The van der Waals surface area contributed by atoms with Crippen LogP contribution >= 0.6 is 11.8 Å². The zero-order chi connectivity index (χ0) is 15.1. The second-order valence-corrected chi connectivity index (χ2v) is 6.45. The van der Waals surface area contributed by atoms with Crippen LogP contribution in [0.25, 0.3) is 0 Å². The third-order valence-electron chi connectivity index (χ3n) is 3.33. The molecular formula is C13H24N6OS. The zero-order valence-corrected chi connectivity index (χ0v) is 13.4. The topological polar surface area (TPSA) is 98.0 Å². The van der Waals surface area contributed by atoms with Crippen molar-refractivity contribution in [2.75, 3.05) is 23.1 Å². The van der Waals surface area contributed by atoms with Crippen molar-refractivity contribution in [3.63, 3.8) is 0 Å². The smallest absolute Gasteiger partial charge is 0.323 e. The summed E-state index contributed by atoms with van der Waals surface area (Å²) in [6, 6.07) is 0.696. The number of anilines is 2. The Bertz CT molecular complexity index is 447. The first-order chi connectivity index (χ1) is 10.3. The molecule has 1 fully saturated rings. The van der Waals surface area contributed by atoms with E-state index in [0.29, 0.717) is 35.8 Å². The largest absolute Gasteiger partial charge is 0.463 e. The second kappa shape index (κ2) is 8.23. The highest BCUT2D eigenvalue weighted by Gasteiger charge is 2.28. The van der Waals surface area contributed by atoms with Crippen molar-refractivity contribution < 1.29 is 4.74 Å². The summed E-state index contributed by atoms with van der Waals surface area (Å²) in [7, 11) is 0. The zero-order valence-electron chi connectivity index (χ0n) is 12.6. The van der Waals surface area contributed by atoms with E-state index in [4.69, 9.17) is 10.6 Å². The maximum Gasteiger partial charge on any atom is 0.323 e. The first-order valence-electron chi connectivity index (χ1n) is 7.50. The number of nitrogen functional groups attached to an aromatic ring is 1. The molecule has 0 radical (unpaired) electrons. The quantitative estimate of drug-likeness (QED) is 0.495. The molecule has 0 bridgehead atoms. The van der Waals surface area contributed by atoms with Gasteiger partial charge in [-0.3, -0.25) is 5.43 Å². The van der Waals surface area contributed by atoms with E-state index in [9.17, 15) is 0 Å². The van der Waals surface area contributed by atoms with Crippen molar-refractivity contribution in [3.8, 4) is 6.01 Å². The fourth-order valence-corrected chi connectivity index (χ4v) is 3.61. The van der Waals surface area contributed by atoms with Gasteiger partial charge in [0.1, 0.15) is 0 Å². The molecule has 118 valence electrons. The molecule has 21 heavy (non-hydrogen) atoms. The Morgan fingerprint density at radius 3 is 2.76 bits per heavy atom. The Balaban J connectivity index is 2.07. The summed E-state index contributed by atoms with van der Waals surface area (Å²) < 4.78 is 5.47. The molecule has 0 amide bonds. The number of hydrazine groups is 1. The SMILES string of the molecule is CCCOc1nc(NN)nc(NC2CCCC2SCC)n1. The van der Waals surface area contributed by atoms with Gasteiger partial charge in [0.05, 0.1) is 6.61 Å². The van der Waals surface area contributed by atoms with Crippen molar-refractivity contribution >= 4 is 23.7 Å². The van der Waals surface area contributed by atoms with E-state index in [1.807, 2.05) is 18.7 Å². The van der Waals surface area contributed by atoms with Crippen LogP contribution in [0.5, 0.6) is 6.01 Å². The van der Waals surface area contributed by atoms with E-state index in [1.54, 1.807) is 0 Å². The highest BCUT2D eigenvalue weighted by molar-refractivity contribution is 7.99. The molecule has 1 saturated carbocycles. The molecule has 1 aliphatic carbocycles. The van der Waals surface area contributed by atoms with Crippen molar-refractivity contribution in [3.05, 3.63) is 0 Å². The van der Waals surface area contributed by atoms with E-state index in [0.717, 1.165) is 18.6 Å². The monoisotopic (exact) mass is 312 g/mol. The minimum absolute atomic E-state index is 0.306. The van der Waals surface area contributed by atoms with Crippen molar-refractivity contribution in [1.29, 1.82) is 0 Å².